The Balaban J connectivity index is 2.02. The van der Waals surface area contributed by atoms with E-state index >= 15 is 0 Å². The van der Waals surface area contributed by atoms with E-state index in [0.717, 1.165) is 12.0 Å². The quantitative estimate of drug-likeness (QED) is 0.558. The van der Waals surface area contributed by atoms with E-state index in [1.165, 1.54) is 22.3 Å². The van der Waals surface area contributed by atoms with E-state index < -0.39 is 6.10 Å². The van der Waals surface area contributed by atoms with E-state index in [1.807, 2.05) is 36.4 Å². The van der Waals surface area contributed by atoms with Gasteiger partial charge < -0.3 is 14.9 Å². The maximum atomic E-state index is 9.46. The van der Waals surface area contributed by atoms with Gasteiger partial charge in [-0.15, -0.1) is 0 Å². The highest BCUT2D eigenvalue weighted by Crippen LogP contribution is 2.34. The molecule has 28 heavy (non-hydrogen) atoms. The van der Waals surface area contributed by atoms with Crippen molar-refractivity contribution in [1.29, 1.82) is 0 Å². The first-order chi connectivity index (χ1) is 13.7. The number of aliphatic hydroxyl groups excluding tert-OH is 2. The molecular weight excluding hydrogens is 348 g/mol. The van der Waals surface area contributed by atoms with Gasteiger partial charge >= 0.3 is 0 Å². The first-order valence-corrected chi connectivity index (χ1v) is 9.59. The van der Waals surface area contributed by atoms with Crippen molar-refractivity contribution in [3.05, 3.63) is 102 Å². The zero-order valence-corrected chi connectivity index (χ0v) is 16.1. The molecule has 2 N–H and O–H groups in total. The fourth-order valence-corrected chi connectivity index (χ4v) is 3.25. The summed E-state index contributed by atoms with van der Waals surface area (Å²) in [6.45, 7) is 1.94. The number of rotatable bonds is 8. The fraction of sp³-hybridized carbons (Fsp3) is 0.200. The number of allylic oxidation sites excluding steroid dienone is 1. The molecule has 0 aliphatic carbocycles. The number of aliphatic hydroxyl groups is 2. The van der Waals surface area contributed by atoms with Gasteiger partial charge in [0, 0.05) is 0 Å². The van der Waals surface area contributed by atoms with Gasteiger partial charge in [0.2, 0.25) is 0 Å². The average Bonchev–Trinajstić information content (AvgIpc) is 2.77. The Kier molecular flexibility index (Phi) is 7.01. The summed E-state index contributed by atoms with van der Waals surface area (Å²) in [5.74, 6) is 0.668. The van der Waals surface area contributed by atoms with Crippen molar-refractivity contribution in [1.82, 2.24) is 0 Å². The summed E-state index contributed by atoms with van der Waals surface area (Å²) in [6.07, 6.45) is 0.0408. The van der Waals surface area contributed by atoms with Crippen LogP contribution in [0.4, 0.5) is 0 Å². The highest BCUT2D eigenvalue weighted by molar-refractivity contribution is 5.98. The number of ether oxygens (including phenoxy) is 1. The van der Waals surface area contributed by atoms with Gasteiger partial charge in [0.25, 0.3) is 0 Å². The predicted octanol–water partition coefficient (Wildman–Crippen LogP) is 4.79. The van der Waals surface area contributed by atoms with Crippen molar-refractivity contribution in [2.75, 3.05) is 13.2 Å². The van der Waals surface area contributed by atoms with Crippen LogP contribution in [0.3, 0.4) is 0 Å². The van der Waals surface area contributed by atoms with E-state index in [0.29, 0.717) is 5.75 Å². The van der Waals surface area contributed by atoms with Crippen LogP contribution in [0.5, 0.6) is 5.75 Å². The second kappa shape index (κ2) is 9.88. The zero-order valence-electron chi connectivity index (χ0n) is 16.1. The van der Waals surface area contributed by atoms with E-state index in [1.54, 1.807) is 0 Å². The second-order valence-corrected chi connectivity index (χ2v) is 6.61. The molecule has 0 aromatic heterocycles. The molecule has 0 saturated heterocycles. The minimum atomic E-state index is -0.871. The Hall–Kier alpha value is -2.88. The Morgan fingerprint density at radius 3 is 1.86 bits per heavy atom. The van der Waals surface area contributed by atoms with Crippen LogP contribution < -0.4 is 4.74 Å². The third-order valence-corrected chi connectivity index (χ3v) is 4.64. The maximum absolute atomic E-state index is 9.46. The first-order valence-electron chi connectivity index (χ1n) is 9.59. The molecule has 1 atom stereocenters. The summed E-state index contributed by atoms with van der Waals surface area (Å²) in [6, 6.07) is 28.8. The van der Waals surface area contributed by atoms with Gasteiger partial charge in [-0.05, 0) is 46.4 Å². The number of hydrogen-bond acceptors (Lipinski definition) is 3. The van der Waals surface area contributed by atoms with E-state index in [-0.39, 0.29) is 13.2 Å². The molecular formula is C25H26O3. The molecule has 0 spiro atoms. The third-order valence-electron chi connectivity index (χ3n) is 4.64. The van der Waals surface area contributed by atoms with Crippen molar-refractivity contribution < 1.29 is 14.9 Å². The third kappa shape index (κ3) is 4.89. The lowest BCUT2D eigenvalue weighted by atomic mass is 9.88. The Morgan fingerprint density at radius 2 is 1.32 bits per heavy atom. The average molecular weight is 374 g/mol. The lowest BCUT2D eigenvalue weighted by molar-refractivity contribution is 0.0536. The molecule has 3 nitrogen and oxygen atoms in total. The summed E-state index contributed by atoms with van der Waals surface area (Å²) in [7, 11) is 0. The predicted molar refractivity (Wildman–Crippen MR) is 114 cm³/mol. The van der Waals surface area contributed by atoms with Crippen LogP contribution in [-0.4, -0.2) is 29.5 Å². The van der Waals surface area contributed by atoms with Crippen LogP contribution in [0.15, 0.2) is 84.9 Å². The lowest BCUT2D eigenvalue weighted by Crippen LogP contribution is -2.21. The van der Waals surface area contributed by atoms with Crippen LogP contribution in [0, 0.1) is 0 Å². The minimum Gasteiger partial charge on any atom is -0.491 e. The van der Waals surface area contributed by atoms with E-state index in [9.17, 15) is 5.11 Å². The van der Waals surface area contributed by atoms with Crippen molar-refractivity contribution in [2.45, 2.75) is 19.4 Å². The zero-order chi connectivity index (χ0) is 19.8. The van der Waals surface area contributed by atoms with Crippen LogP contribution in [0.2, 0.25) is 0 Å². The molecule has 3 heteroatoms. The first kappa shape index (κ1) is 19.9. The molecule has 0 fully saturated rings. The SMILES string of the molecule is CC/C(=C(/c1ccccc1)c1ccc(OCC(O)CO)cc1)c1ccccc1. The standard InChI is InChI=1S/C25H26O3/c1-2-24(19-9-5-3-6-10-19)25(20-11-7-4-8-12-20)21-13-15-23(16-14-21)28-18-22(27)17-26/h3-16,22,26-27H,2,17-18H2,1H3/b25-24+. The van der Waals surface area contributed by atoms with Gasteiger partial charge in [-0.3, -0.25) is 0 Å². The maximum Gasteiger partial charge on any atom is 0.119 e. The molecule has 144 valence electrons. The fourth-order valence-electron chi connectivity index (χ4n) is 3.25. The Labute approximate surface area is 166 Å². The summed E-state index contributed by atoms with van der Waals surface area (Å²) in [5, 5.41) is 18.4. The van der Waals surface area contributed by atoms with Gasteiger partial charge in [-0.2, -0.15) is 0 Å². The highest BCUT2D eigenvalue weighted by atomic mass is 16.5. The van der Waals surface area contributed by atoms with Crippen LogP contribution in [0.1, 0.15) is 30.0 Å². The minimum absolute atomic E-state index is 0.0709. The van der Waals surface area contributed by atoms with Gasteiger partial charge in [0.1, 0.15) is 18.5 Å². The summed E-state index contributed by atoms with van der Waals surface area (Å²) in [5.41, 5.74) is 6.00. The van der Waals surface area contributed by atoms with Crippen LogP contribution in [0.25, 0.3) is 11.1 Å². The Morgan fingerprint density at radius 1 is 0.786 bits per heavy atom. The van der Waals surface area contributed by atoms with Gasteiger partial charge in [0.15, 0.2) is 0 Å². The van der Waals surface area contributed by atoms with E-state index in [2.05, 4.69) is 55.5 Å². The van der Waals surface area contributed by atoms with E-state index in [4.69, 9.17) is 9.84 Å². The number of hydrogen-bond donors (Lipinski definition) is 2. The molecule has 0 saturated carbocycles. The highest BCUT2D eigenvalue weighted by Gasteiger charge is 2.13. The van der Waals surface area contributed by atoms with Gasteiger partial charge in [-0.25, -0.2) is 0 Å². The van der Waals surface area contributed by atoms with Crippen molar-refractivity contribution >= 4 is 11.1 Å². The van der Waals surface area contributed by atoms with Crippen LogP contribution >= 0.6 is 0 Å². The van der Waals surface area contributed by atoms with Gasteiger partial charge in [0.05, 0.1) is 6.61 Å². The monoisotopic (exact) mass is 374 g/mol. The Bertz CT molecular complexity index is 884. The molecule has 3 aromatic carbocycles. The van der Waals surface area contributed by atoms with Crippen molar-refractivity contribution in [3.63, 3.8) is 0 Å². The topological polar surface area (TPSA) is 49.7 Å². The summed E-state index contributed by atoms with van der Waals surface area (Å²) in [4.78, 5) is 0. The van der Waals surface area contributed by atoms with Gasteiger partial charge in [-0.1, -0.05) is 79.7 Å². The largest absolute Gasteiger partial charge is 0.491 e. The molecule has 0 aliphatic rings. The van der Waals surface area contributed by atoms with Crippen molar-refractivity contribution in [3.8, 4) is 5.75 Å². The molecule has 0 radical (unpaired) electrons. The second-order valence-electron chi connectivity index (χ2n) is 6.61. The number of benzene rings is 3. The van der Waals surface area contributed by atoms with Crippen LogP contribution in [-0.2, 0) is 0 Å². The molecule has 0 heterocycles. The summed E-state index contributed by atoms with van der Waals surface area (Å²) < 4.78 is 5.54. The smallest absolute Gasteiger partial charge is 0.119 e. The molecule has 3 rings (SSSR count). The summed E-state index contributed by atoms with van der Waals surface area (Å²) >= 11 is 0. The molecule has 0 aliphatic heterocycles. The van der Waals surface area contributed by atoms with Crippen molar-refractivity contribution in [2.24, 2.45) is 0 Å². The molecule has 0 bridgehead atoms. The molecule has 3 aromatic rings. The lowest BCUT2D eigenvalue weighted by Gasteiger charge is -2.17. The molecule has 1 unspecified atom stereocenters. The molecule has 0 amide bonds. The normalized spacial score (nSPS) is 13.0.